The van der Waals surface area contributed by atoms with Crippen LogP contribution in [-0.2, 0) is 20.7 Å². The van der Waals surface area contributed by atoms with Crippen LogP contribution in [0.1, 0.15) is 73.2 Å². The van der Waals surface area contributed by atoms with Crippen molar-refractivity contribution >= 4 is 18.1 Å². The number of carbonyl (C=O) groups is 2. The summed E-state index contributed by atoms with van der Waals surface area (Å²) in [5.74, 6) is 0.305. The quantitative estimate of drug-likeness (QED) is 0.220. The first-order valence-electron chi connectivity index (χ1n) is 16.4. The summed E-state index contributed by atoms with van der Waals surface area (Å²) >= 11 is 0. The number of hydrogen-bond donors (Lipinski definition) is 4. The van der Waals surface area contributed by atoms with Crippen LogP contribution >= 0.6 is 0 Å². The molecule has 270 valence electrons. The Hall–Kier alpha value is -4.87. The van der Waals surface area contributed by atoms with Gasteiger partial charge in [-0.25, -0.2) is 4.79 Å². The van der Waals surface area contributed by atoms with Crippen LogP contribution in [0.3, 0.4) is 0 Å². The van der Waals surface area contributed by atoms with Crippen molar-refractivity contribution in [2.75, 3.05) is 41.7 Å². The van der Waals surface area contributed by atoms with Crippen LogP contribution in [-0.4, -0.2) is 97.5 Å². The van der Waals surface area contributed by atoms with Gasteiger partial charge in [0.15, 0.2) is 29.8 Å². The highest BCUT2D eigenvalue weighted by atomic mass is 16.7. The van der Waals surface area contributed by atoms with Crippen LogP contribution < -0.4 is 24.8 Å². The van der Waals surface area contributed by atoms with E-state index in [-0.39, 0.29) is 36.6 Å². The first kappa shape index (κ1) is 36.4. The number of ether oxygens (including phenoxy) is 5. The van der Waals surface area contributed by atoms with Gasteiger partial charge in [0.05, 0.1) is 32.4 Å². The Bertz CT molecular complexity index is 1760. The Morgan fingerprint density at radius 3 is 2.36 bits per heavy atom. The zero-order chi connectivity index (χ0) is 36.8. The molecule has 2 aromatic rings. The van der Waals surface area contributed by atoms with Gasteiger partial charge in [0, 0.05) is 47.6 Å². The summed E-state index contributed by atoms with van der Waals surface area (Å²) in [6.45, 7) is 10.1. The van der Waals surface area contributed by atoms with Crippen molar-refractivity contribution in [1.29, 1.82) is 5.26 Å². The second-order valence-electron chi connectivity index (χ2n) is 13.9. The molecule has 4 N–H and O–H groups in total. The van der Waals surface area contributed by atoms with Crippen LogP contribution in [0, 0.1) is 25.2 Å². The number of rotatable bonds is 9. The third-order valence-electron chi connectivity index (χ3n) is 9.55. The maximum absolute atomic E-state index is 13.4. The first-order chi connectivity index (χ1) is 23.6. The first-order valence-corrected chi connectivity index (χ1v) is 16.4. The lowest BCUT2D eigenvalue weighted by molar-refractivity contribution is -0.123. The third kappa shape index (κ3) is 6.20. The lowest BCUT2D eigenvalue weighted by Gasteiger charge is -2.57. The maximum Gasteiger partial charge on any atom is 0.408 e. The molecule has 3 aliphatic heterocycles. The summed E-state index contributed by atoms with van der Waals surface area (Å²) in [6, 6.07) is 1.19. The maximum atomic E-state index is 13.4. The fourth-order valence-corrected chi connectivity index (χ4v) is 7.44. The van der Waals surface area contributed by atoms with Crippen LogP contribution in [0.2, 0.25) is 0 Å². The van der Waals surface area contributed by atoms with Gasteiger partial charge in [-0.15, -0.1) is 0 Å². The Morgan fingerprint density at radius 2 is 1.76 bits per heavy atom. The zero-order valence-electron chi connectivity index (χ0n) is 30.3. The highest BCUT2D eigenvalue weighted by Crippen LogP contribution is 2.58. The predicted molar refractivity (Wildman–Crippen MR) is 183 cm³/mol. The Kier molecular flexibility index (Phi) is 10.0. The SMILES string of the molecule is COCOc1c(OC)c(C)cc2c1[C@@H]1C3=Cc4c(O)c(C)c(OC)c(O)c4[C@H](CNC(=O)[C@H](C)NC(=O)OC(C)(C)C)N3C(C#N)[C@H](C2)N1C. The Labute approximate surface area is 292 Å². The van der Waals surface area contributed by atoms with Crippen molar-refractivity contribution in [2.45, 2.75) is 83.8 Å². The van der Waals surface area contributed by atoms with Crippen molar-refractivity contribution < 1.29 is 43.5 Å². The van der Waals surface area contributed by atoms with Gasteiger partial charge in [-0.2, -0.15) is 5.26 Å². The molecule has 1 fully saturated rings. The minimum Gasteiger partial charge on any atom is -0.507 e. The van der Waals surface area contributed by atoms with Gasteiger partial charge in [-0.1, -0.05) is 6.07 Å². The van der Waals surface area contributed by atoms with E-state index in [0.717, 1.165) is 16.7 Å². The van der Waals surface area contributed by atoms with E-state index in [4.69, 9.17) is 23.7 Å². The number of amides is 2. The molecule has 2 amide bonds. The number of nitrogens with zero attached hydrogens (tertiary/aromatic N) is 3. The number of fused-ring (bicyclic) bond motifs is 7. The molecule has 0 spiro atoms. The molecule has 0 saturated carbocycles. The molecule has 5 rings (SSSR count). The van der Waals surface area contributed by atoms with Gasteiger partial charge in [0.1, 0.15) is 23.4 Å². The number of nitriles is 1. The van der Waals surface area contributed by atoms with E-state index in [1.54, 1.807) is 40.9 Å². The predicted octanol–water partition coefficient (Wildman–Crippen LogP) is 3.95. The molecule has 0 aromatic heterocycles. The minimum atomic E-state index is -0.973. The average Bonchev–Trinajstić information content (AvgIpc) is 3.04. The monoisotopic (exact) mass is 693 g/mol. The highest BCUT2D eigenvalue weighted by molar-refractivity contribution is 5.85. The standard InChI is InChI=1S/C36H47N5O9/c1-17-11-20-12-22-24(14-37)41-23(28(40(22)7)26(20)33(31(17)47-9)49-16-46-8)13-21-27(30(43)32(48-10)18(2)29(21)42)25(41)15-38-34(44)19(3)39-35(45)50-36(4,5)6/h11,13,19,22,24-25,28,42-43H,12,15-16H2,1-10H3,(H,38,44)(H,39,45)/t19-,22-,24?,25-,28-/m0/s1. The lowest BCUT2D eigenvalue weighted by atomic mass is 9.75. The molecule has 2 aromatic carbocycles. The number of methoxy groups -OCH3 is 3. The van der Waals surface area contributed by atoms with Crippen molar-refractivity contribution in [3.8, 4) is 34.8 Å². The normalized spacial score (nSPS) is 21.4. The van der Waals surface area contributed by atoms with Gasteiger partial charge in [0.25, 0.3) is 0 Å². The molecule has 1 saturated heterocycles. The second-order valence-corrected chi connectivity index (χ2v) is 13.9. The number of nitrogens with one attached hydrogen (secondary N) is 2. The number of piperazine rings is 1. The van der Waals surface area contributed by atoms with Gasteiger partial charge in [-0.05, 0) is 72.2 Å². The fraction of sp³-hybridized carbons (Fsp3) is 0.528. The van der Waals surface area contributed by atoms with Crippen molar-refractivity contribution in [1.82, 2.24) is 20.4 Å². The van der Waals surface area contributed by atoms with E-state index in [9.17, 15) is 25.1 Å². The van der Waals surface area contributed by atoms with Crippen molar-refractivity contribution in [3.63, 3.8) is 0 Å². The number of benzene rings is 2. The molecule has 1 unspecified atom stereocenters. The molecule has 3 heterocycles. The number of phenols is 2. The Morgan fingerprint density at radius 1 is 1.08 bits per heavy atom. The van der Waals surface area contributed by atoms with Gasteiger partial charge >= 0.3 is 6.09 Å². The van der Waals surface area contributed by atoms with E-state index in [0.29, 0.717) is 40.3 Å². The summed E-state index contributed by atoms with van der Waals surface area (Å²) in [7, 11) is 6.45. The van der Waals surface area contributed by atoms with E-state index >= 15 is 0 Å². The van der Waals surface area contributed by atoms with Crippen molar-refractivity contribution in [3.05, 3.63) is 45.1 Å². The Balaban J connectivity index is 1.67. The molecular weight excluding hydrogens is 646 g/mol. The molecule has 2 bridgehead atoms. The minimum absolute atomic E-state index is 0.0314. The summed E-state index contributed by atoms with van der Waals surface area (Å²) in [5, 5.41) is 39.6. The molecule has 3 aliphatic rings. The van der Waals surface area contributed by atoms with E-state index < -0.39 is 41.8 Å². The van der Waals surface area contributed by atoms with Crippen LogP contribution in [0.5, 0.6) is 28.7 Å². The molecule has 50 heavy (non-hydrogen) atoms. The van der Waals surface area contributed by atoms with Crippen LogP contribution in [0.15, 0.2) is 11.8 Å². The molecule has 0 radical (unpaired) electrons. The number of hydrogen-bond acceptors (Lipinski definition) is 12. The number of phenolic OH excluding ortho intramolecular Hbond substituents is 2. The number of carbonyl (C=O) groups excluding carboxylic acids is 2. The molecule has 0 aliphatic carbocycles. The highest BCUT2D eigenvalue weighted by Gasteiger charge is 2.53. The largest absolute Gasteiger partial charge is 0.507 e. The summed E-state index contributed by atoms with van der Waals surface area (Å²) in [4.78, 5) is 29.9. The van der Waals surface area contributed by atoms with E-state index in [2.05, 4.69) is 27.7 Å². The van der Waals surface area contributed by atoms with Gasteiger partial charge in [0.2, 0.25) is 5.91 Å². The molecule has 5 atom stereocenters. The third-order valence-corrected chi connectivity index (χ3v) is 9.55. The number of alkyl carbamates (subject to hydrolysis) is 1. The zero-order valence-corrected chi connectivity index (χ0v) is 30.3. The van der Waals surface area contributed by atoms with Crippen molar-refractivity contribution in [2.24, 2.45) is 0 Å². The van der Waals surface area contributed by atoms with Crippen LogP contribution in [0.4, 0.5) is 4.79 Å². The fourth-order valence-electron chi connectivity index (χ4n) is 7.44. The average molecular weight is 694 g/mol. The smallest absolute Gasteiger partial charge is 0.408 e. The number of aryl methyl sites for hydroxylation is 1. The van der Waals surface area contributed by atoms with Gasteiger partial charge in [-0.3, -0.25) is 9.69 Å². The number of aromatic hydroxyl groups is 2. The molecular formula is C36H47N5O9. The summed E-state index contributed by atoms with van der Waals surface area (Å²) in [6.07, 6.45) is 1.53. The second kappa shape index (κ2) is 13.8. The topological polar surface area (TPSA) is 175 Å². The van der Waals surface area contributed by atoms with Gasteiger partial charge < -0.3 is 49.4 Å². The van der Waals surface area contributed by atoms with E-state index in [1.807, 2.05) is 18.9 Å². The van der Waals surface area contributed by atoms with E-state index in [1.165, 1.54) is 21.1 Å². The molecule has 14 heteroatoms. The summed E-state index contributed by atoms with van der Waals surface area (Å²) < 4.78 is 28.1. The molecule has 14 nitrogen and oxygen atoms in total. The lowest BCUT2D eigenvalue weighted by Crippen LogP contribution is -2.62. The van der Waals surface area contributed by atoms with Crippen LogP contribution in [0.25, 0.3) is 6.08 Å². The number of likely N-dealkylation sites (N-methyl/N-ethyl adjacent to an activating group) is 1. The summed E-state index contributed by atoms with van der Waals surface area (Å²) in [5.41, 5.74) is 3.53.